The summed E-state index contributed by atoms with van der Waals surface area (Å²) in [6.45, 7) is 3.62. The van der Waals surface area contributed by atoms with E-state index in [9.17, 15) is 9.59 Å². The second-order valence-corrected chi connectivity index (χ2v) is 7.44. The summed E-state index contributed by atoms with van der Waals surface area (Å²) in [6, 6.07) is 6.03. The van der Waals surface area contributed by atoms with Gasteiger partial charge in [-0.2, -0.15) is 0 Å². The van der Waals surface area contributed by atoms with Crippen LogP contribution in [0.5, 0.6) is 5.75 Å². The molecule has 1 aromatic carbocycles. The molecule has 1 saturated carbocycles. The van der Waals surface area contributed by atoms with Crippen molar-refractivity contribution in [2.24, 2.45) is 11.3 Å². The lowest BCUT2D eigenvalue weighted by Gasteiger charge is -2.42. The van der Waals surface area contributed by atoms with E-state index in [1.807, 2.05) is 12.1 Å². The first-order valence-electron chi connectivity index (χ1n) is 9.12. The van der Waals surface area contributed by atoms with Crippen molar-refractivity contribution in [1.29, 1.82) is 0 Å². The zero-order valence-corrected chi connectivity index (χ0v) is 14.5. The van der Waals surface area contributed by atoms with Gasteiger partial charge in [0.15, 0.2) is 0 Å². The molecule has 3 nitrogen and oxygen atoms in total. The Morgan fingerprint density at radius 1 is 1.25 bits per heavy atom. The Balaban J connectivity index is 1.74. The third-order valence-electron chi connectivity index (χ3n) is 6.47. The van der Waals surface area contributed by atoms with Crippen LogP contribution in [-0.2, 0) is 16.0 Å². The lowest BCUT2D eigenvalue weighted by Crippen LogP contribution is -2.36. The van der Waals surface area contributed by atoms with Crippen LogP contribution in [0.2, 0.25) is 0 Å². The van der Waals surface area contributed by atoms with E-state index < -0.39 is 0 Å². The second kappa shape index (κ2) is 5.58. The van der Waals surface area contributed by atoms with Crippen LogP contribution < -0.4 is 4.74 Å². The summed E-state index contributed by atoms with van der Waals surface area (Å²) < 4.78 is 5.23. The molecule has 0 spiro atoms. The van der Waals surface area contributed by atoms with Crippen molar-refractivity contribution in [2.75, 3.05) is 0 Å². The van der Waals surface area contributed by atoms with E-state index in [1.54, 1.807) is 5.57 Å². The molecule has 0 N–H and O–H groups in total. The second-order valence-electron chi connectivity index (χ2n) is 7.44. The number of rotatable bonds is 2. The molecule has 126 valence electrons. The summed E-state index contributed by atoms with van der Waals surface area (Å²) in [5.41, 5.74) is 5.53. The van der Waals surface area contributed by atoms with Crippen LogP contribution in [-0.4, -0.2) is 11.8 Å². The average molecular weight is 324 g/mol. The van der Waals surface area contributed by atoms with Gasteiger partial charge >= 0.3 is 5.97 Å². The summed E-state index contributed by atoms with van der Waals surface area (Å²) in [7, 11) is 0. The van der Waals surface area contributed by atoms with Crippen molar-refractivity contribution in [1.82, 2.24) is 0 Å². The highest BCUT2D eigenvalue weighted by molar-refractivity contribution is 5.90. The number of carbonyl (C=O) groups is 2. The van der Waals surface area contributed by atoms with E-state index in [2.05, 4.69) is 13.0 Å². The zero-order chi connectivity index (χ0) is 16.9. The maximum absolute atomic E-state index is 12.6. The normalized spacial score (nSPS) is 28.2. The molecular weight excluding hydrogens is 300 g/mol. The minimum atomic E-state index is -0.277. The molecule has 0 aromatic heterocycles. The van der Waals surface area contributed by atoms with Crippen LogP contribution in [0.1, 0.15) is 63.5 Å². The number of benzene rings is 1. The molecule has 0 aliphatic heterocycles. The molecule has 0 bridgehead atoms. The van der Waals surface area contributed by atoms with Gasteiger partial charge in [0.2, 0.25) is 0 Å². The molecule has 3 aliphatic rings. The maximum Gasteiger partial charge on any atom is 0.308 e. The number of ketones is 1. The summed E-state index contributed by atoms with van der Waals surface area (Å²) in [5.74, 6) is 1.32. The van der Waals surface area contributed by atoms with Gasteiger partial charge in [-0.1, -0.05) is 18.6 Å². The van der Waals surface area contributed by atoms with Crippen molar-refractivity contribution in [3.05, 3.63) is 34.9 Å². The average Bonchev–Trinajstić information content (AvgIpc) is 2.91. The topological polar surface area (TPSA) is 43.4 Å². The Labute approximate surface area is 143 Å². The van der Waals surface area contributed by atoms with Crippen LogP contribution in [0.25, 0.3) is 5.57 Å². The number of hydrogen-bond donors (Lipinski definition) is 0. The zero-order valence-electron chi connectivity index (χ0n) is 14.5. The minimum absolute atomic E-state index is 0.0754. The fourth-order valence-electron chi connectivity index (χ4n) is 5.36. The van der Waals surface area contributed by atoms with Gasteiger partial charge in [0.05, 0.1) is 0 Å². The molecule has 24 heavy (non-hydrogen) atoms. The highest BCUT2D eigenvalue weighted by Crippen LogP contribution is 2.58. The van der Waals surface area contributed by atoms with E-state index in [1.165, 1.54) is 23.6 Å². The third kappa shape index (κ3) is 2.17. The first kappa shape index (κ1) is 15.6. The highest BCUT2D eigenvalue weighted by atomic mass is 16.5. The monoisotopic (exact) mass is 324 g/mol. The number of carbonyl (C=O) groups excluding carboxylic acids is 2. The Bertz CT molecular complexity index is 758. The van der Waals surface area contributed by atoms with Crippen LogP contribution in [0, 0.1) is 11.3 Å². The van der Waals surface area contributed by atoms with E-state index in [0.29, 0.717) is 17.5 Å². The lowest BCUT2D eigenvalue weighted by molar-refractivity contribution is -0.132. The molecule has 1 aromatic rings. The van der Waals surface area contributed by atoms with Crippen molar-refractivity contribution in [3.63, 3.8) is 0 Å². The highest BCUT2D eigenvalue weighted by Gasteiger charge is 2.52. The maximum atomic E-state index is 12.6. The van der Waals surface area contributed by atoms with Gasteiger partial charge in [-0.15, -0.1) is 0 Å². The first-order valence-corrected chi connectivity index (χ1v) is 9.12. The van der Waals surface area contributed by atoms with Gasteiger partial charge in [0.25, 0.3) is 0 Å². The fraction of sp³-hybridized carbons (Fsp3) is 0.524. The molecule has 0 heterocycles. The first-order chi connectivity index (χ1) is 11.5. The number of ether oxygens (including phenoxy) is 1. The van der Waals surface area contributed by atoms with E-state index in [4.69, 9.17) is 4.74 Å². The summed E-state index contributed by atoms with van der Waals surface area (Å²) in [4.78, 5) is 23.7. The largest absolute Gasteiger partial charge is 0.427 e. The Morgan fingerprint density at radius 3 is 2.83 bits per heavy atom. The van der Waals surface area contributed by atoms with E-state index in [0.717, 1.165) is 44.9 Å². The Morgan fingerprint density at radius 2 is 2.08 bits per heavy atom. The summed E-state index contributed by atoms with van der Waals surface area (Å²) in [6.07, 6.45) is 6.80. The molecule has 0 saturated heterocycles. The number of hydrogen-bond acceptors (Lipinski definition) is 3. The number of aryl methyl sites for hydroxylation is 1. The van der Waals surface area contributed by atoms with Crippen molar-refractivity contribution >= 4 is 17.3 Å². The smallest absolute Gasteiger partial charge is 0.308 e. The molecule has 4 rings (SSSR count). The fourth-order valence-corrected chi connectivity index (χ4v) is 5.36. The summed E-state index contributed by atoms with van der Waals surface area (Å²) in [5, 5.41) is 0. The van der Waals surface area contributed by atoms with Gasteiger partial charge in [-0.3, -0.25) is 9.59 Å². The van der Waals surface area contributed by atoms with Crippen molar-refractivity contribution in [3.8, 4) is 5.75 Å². The summed E-state index contributed by atoms with van der Waals surface area (Å²) >= 11 is 0. The van der Waals surface area contributed by atoms with Crippen LogP contribution in [0.4, 0.5) is 0 Å². The predicted molar refractivity (Wildman–Crippen MR) is 92.7 cm³/mol. The Hall–Kier alpha value is -1.90. The number of allylic oxidation sites excluding steroid dienone is 2. The molecule has 3 heteroatoms. The van der Waals surface area contributed by atoms with Crippen LogP contribution in [0.15, 0.2) is 23.8 Å². The number of esters is 1. The van der Waals surface area contributed by atoms with Gasteiger partial charge in [0.1, 0.15) is 11.5 Å². The quantitative estimate of drug-likeness (QED) is 0.595. The minimum Gasteiger partial charge on any atom is -0.427 e. The molecule has 0 radical (unpaired) electrons. The van der Waals surface area contributed by atoms with Crippen molar-refractivity contribution in [2.45, 2.75) is 58.8 Å². The van der Waals surface area contributed by atoms with Crippen LogP contribution >= 0.6 is 0 Å². The number of fused-ring (bicyclic) bond motifs is 4. The molecule has 2 atom stereocenters. The van der Waals surface area contributed by atoms with Crippen LogP contribution in [0.3, 0.4) is 0 Å². The molecule has 3 aliphatic carbocycles. The molecule has 1 fully saturated rings. The molecular formula is C21H24O3. The van der Waals surface area contributed by atoms with Crippen molar-refractivity contribution < 1.29 is 14.3 Å². The van der Waals surface area contributed by atoms with Gasteiger partial charge in [-0.25, -0.2) is 0 Å². The lowest BCUT2D eigenvalue weighted by atomic mass is 9.61. The predicted octanol–water partition coefficient (Wildman–Crippen LogP) is 4.48. The van der Waals surface area contributed by atoms with Gasteiger partial charge < -0.3 is 4.74 Å². The third-order valence-corrected chi connectivity index (χ3v) is 6.47. The molecule has 0 amide bonds. The SMILES string of the molecule is CC[C@]12CCC3=C(CCc4cc(OC(C)=O)ccc43)[C@@H]1CCC2=O. The Kier molecular flexibility index (Phi) is 3.63. The number of Topliss-reactive ketones (excluding diaryl/α,β-unsaturated/α-hetero) is 1. The standard InChI is InChI=1S/C21H24O3/c1-3-21-11-10-17-16-7-5-15(24-13(2)22)12-14(16)4-6-18(17)19(21)8-9-20(21)23/h5,7,12,19H,3-4,6,8-11H2,1-2H3/t19-,21-/m0/s1. The van der Waals surface area contributed by atoms with Gasteiger partial charge in [0, 0.05) is 18.8 Å². The van der Waals surface area contributed by atoms with E-state index >= 15 is 0 Å². The van der Waals surface area contributed by atoms with E-state index in [-0.39, 0.29) is 11.4 Å². The molecule has 0 unspecified atom stereocenters. The van der Waals surface area contributed by atoms with Gasteiger partial charge in [-0.05, 0) is 73.3 Å².